The van der Waals surface area contributed by atoms with E-state index in [9.17, 15) is 14.4 Å². The van der Waals surface area contributed by atoms with Crippen LogP contribution in [0.5, 0.6) is 5.75 Å². The first-order valence-corrected chi connectivity index (χ1v) is 6.90. The summed E-state index contributed by atoms with van der Waals surface area (Å²) in [6.45, 7) is 4.95. The smallest absolute Gasteiger partial charge is 0.478 e. The average Bonchev–Trinajstić information content (AvgIpc) is 2.37. The Labute approximate surface area is 135 Å². The van der Waals surface area contributed by atoms with Crippen molar-refractivity contribution in [3.63, 3.8) is 0 Å². The quantitative estimate of drug-likeness (QED) is 0.640. The molecule has 0 aliphatic heterocycles. The van der Waals surface area contributed by atoms with Gasteiger partial charge in [-0.25, -0.2) is 14.4 Å². The Morgan fingerprint density at radius 3 is 2.23 bits per heavy atom. The second-order valence-electron chi connectivity index (χ2n) is 5.20. The van der Waals surface area contributed by atoms with E-state index in [1.165, 1.54) is 6.07 Å². The molecule has 0 aliphatic carbocycles. The van der Waals surface area contributed by atoms with Crippen LogP contribution in [0.15, 0.2) is 16.6 Å². The molecule has 0 heterocycles. The Balaban J connectivity index is 3.22. The normalized spacial score (nSPS) is 10.8. The molecule has 1 N–H and O–H groups in total. The molecule has 0 fully saturated rings. The van der Waals surface area contributed by atoms with E-state index in [-0.39, 0.29) is 21.3 Å². The molecule has 7 nitrogen and oxygen atoms in total. The highest BCUT2D eigenvalue weighted by Gasteiger charge is 2.23. The summed E-state index contributed by atoms with van der Waals surface area (Å²) in [5.74, 6) is -2.22. The first kappa shape index (κ1) is 18.0. The molecule has 0 unspecified atom stereocenters. The maximum absolute atomic E-state index is 11.7. The number of carbonyl (C=O) groups is 3. The Kier molecular flexibility index (Phi) is 5.54. The Hall–Kier alpha value is -2.09. The van der Waals surface area contributed by atoms with E-state index < -0.39 is 23.7 Å². The van der Waals surface area contributed by atoms with Crippen molar-refractivity contribution in [1.82, 2.24) is 0 Å². The third-order valence-electron chi connectivity index (χ3n) is 2.27. The number of carbonyl (C=O) groups excluding carboxylic acids is 2. The molecule has 0 radical (unpaired) electrons. The number of ether oxygens (including phenoxy) is 3. The molecule has 0 aromatic heterocycles. The minimum Gasteiger partial charge on any atom is -0.478 e. The molecule has 0 bridgehead atoms. The summed E-state index contributed by atoms with van der Waals surface area (Å²) in [7, 11) is 1.15. The van der Waals surface area contributed by atoms with Gasteiger partial charge in [0.15, 0.2) is 0 Å². The molecule has 0 atom stereocenters. The molecular formula is C14H15BrO7. The van der Waals surface area contributed by atoms with Crippen LogP contribution in [0.3, 0.4) is 0 Å². The number of hydrogen-bond acceptors (Lipinski definition) is 6. The van der Waals surface area contributed by atoms with Crippen LogP contribution >= 0.6 is 15.9 Å². The number of aromatic carboxylic acids is 1. The number of carboxylic acids is 1. The van der Waals surface area contributed by atoms with Gasteiger partial charge in [0.25, 0.3) is 0 Å². The van der Waals surface area contributed by atoms with Gasteiger partial charge in [0.1, 0.15) is 11.4 Å². The second kappa shape index (κ2) is 6.78. The fourth-order valence-electron chi connectivity index (χ4n) is 1.42. The predicted molar refractivity (Wildman–Crippen MR) is 79.3 cm³/mol. The maximum Gasteiger partial charge on any atom is 0.514 e. The van der Waals surface area contributed by atoms with E-state index in [4.69, 9.17) is 14.6 Å². The van der Waals surface area contributed by atoms with E-state index in [1.54, 1.807) is 20.8 Å². The SMILES string of the molecule is COC(=O)c1cc(OC(=O)OC(C)(C)C)c(Br)c(C(=O)O)c1. The lowest BCUT2D eigenvalue weighted by atomic mass is 10.1. The van der Waals surface area contributed by atoms with E-state index in [0.29, 0.717) is 0 Å². The van der Waals surface area contributed by atoms with Gasteiger partial charge < -0.3 is 19.3 Å². The molecule has 0 saturated heterocycles. The van der Waals surface area contributed by atoms with E-state index in [1.807, 2.05) is 0 Å². The molecular weight excluding hydrogens is 360 g/mol. The molecule has 1 aromatic rings. The van der Waals surface area contributed by atoms with Crippen LogP contribution in [0.4, 0.5) is 4.79 Å². The fraction of sp³-hybridized carbons (Fsp3) is 0.357. The lowest BCUT2D eigenvalue weighted by Crippen LogP contribution is -2.26. The number of rotatable bonds is 3. The lowest BCUT2D eigenvalue weighted by Gasteiger charge is -2.19. The third-order valence-corrected chi connectivity index (χ3v) is 3.09. The summed E-state index contributed by atoms with van der Waals surface area (Å²) in [6.07, 6.45) is -1.02. The zero-order chi connectivity index (χ0) is 17.1. The van der Waals surface area contributed by atoms with Crippen molar-refractivity contribution in [2.45, 2.75) is 26.4 Å². The lowest BCUT2D eigenvalue weighted by molar-refractivity contribution is 0.0202. The largest absolute Gasteiger partial charge is 0.514 e. The highest BCUT2D eigenvalue weighted by atomic mass is 79.9. The average molecular weight is 375 g/mol. The summed E-state index contributed by atoms with van der Waals surface area (Å²) in [5.41, 5.74) is -1.10. The number of hydrogen-bond donors (Lipinski definition) is 1. The van der Waals surface area contributed by atoms with Gasteiger partial charge in [-0.1, -0.05) is 0 Å². The molecule has 0 spiro atoms. The van der Waals surface area contributed by atoms with Crippen molar-refractivity contribution >= 4 is 34.0 Å². The third kappa shape index (κ3) is 4.73. The number of esters is 1. The van der Waals surface area contributed by atoms with Crippen LogP contribution < -0.4 is 4.74 Å². The van der Waals surface area contributed by atoms with Gasteiger partial charge in [-0.15, -0.1) is 0 Å². The molecule has 8 heteroatoms. The van der Waals surface area contributed by atoms with Crippen LogP contribution in [0.1, 0.15) is 41.5 Å². The Bertz CT molecular complexity index is 616. The van der Waals surface area contributed by atoms with Gasteiger partial charge in [-0.05, 0) is 48.8 Å². The number of halogens is 1. The number of benzene rings is 1. The summed E-state index contributed by atoms with van der Waals surface area (Å²) < 4.78 is 14.5. The van der Waals surface area contributed by atoms with Gasteiger partial charge in [-0.2, -0.15) is 0 Å². The molecule has 22 heavy (non-hydrogen) atoms. The van der Waals surface area contributed by atoms with Crippen LogP contribution in [-0.4, -0.2) is 35.9 Å². The Morgan fingerprint density at radius 1 is 1.18 bits per heavy atom. The topological polar surface area (TPSA) is 99.1 Å². The van der Waals surface area contributed by atoms with E-state index >= 15 is 0 Å². The maximum atomic E-state index is 11.7. The van der Waals surface area contributed by atoms with Crippen molar-refractivity contribution in [2.24, 2.45) is 0 Å². The summed E-state index contributed by atoms with van der Waals surface area (Å²) in [6, 6.07) is 2.30. The molecule has 1 rings (SSSR count). The van der Waals surface area contributed by atoms with Crippen molar-refractivity contribution in [3.8, 4) is 5.75 Å². The van der Waals surface area contributed by atoms with Crippen LogP contribution in [0, 0.1) is 0 Å². The van der Waals surface area contributed by atoms with Crippen molar-refractivity contribution < 1.29 is 33.7 Å². The molecule has 0 amide bonds. The summed E-state index contributed by atoms with van der Waals surface area (Å²) in [4.78, 5) is 34.4. The highest BCUT2D eigenvalue weighted by Crippen LogP contribution is 2.31. The molecule has 1 aromatic carbocycles. The predicted octanol–water partition coefficient (Wildman–Crippen LogP) is 3.25. The second-order valence-corrected chi connectivity index (χ2v) is 5.99. The first-order chi connectivity index (χ1) is 10.0. The number of carboxylic acid groups (broad SMARTS) is 1. The van der Waals surface area contributed by atoms with Crippen molar-refractivity contribution in [1.29, 1.82) is 0 Å². The minimum atomic E-state index is -1.30. The molecule has 0 aliphatic rings. The Morgan fingerprint density at radius 2 is 1.77 bits per heavy atom. The molecule has 0 saturated carbocycles. The highest BCUT2D eigenvalue weighted by molar-refractivity contribution is 9.10. The van der Waals surface area contributed by atoms with E-state index in [0.717, 1.165) is 13.2 Å². The molecule has 120 valence electrons. The van der Waals surface area contributed by atoms with Gasteiger partial charge in [0.05, 0.1) is 22.7 Å². The summed E-state index contributed by atoms with van der Waals surface area (Å²) >= 11 is 3.03. The van der Waals surface area contributed by atoms with Crippen molar-refractivity contribution in [2.75, 3.05) is 7.11 Å². The van der Waals surface area contributed by atoms with Gasteiger partial charge in [-0.3, -0.25) is 0 Å². The fourth-order valence-corrected chi connectivity index (χ4v) is 1.90. The van der Waals surface area contributed by atoms with Crippen LogP contribution in [-0.2, 0) is 9.47 Å². The summed E-state index contributed by atoms with van der Waals surface area (Å²) in [5, 5.41) is 9.14. The van der Waals surface area contributed by atoms with Crippen molar-refractivity contribution in [3.05, 3.63) is 27.7 Å². The zero-order valence-corrected chi connectivity index (χ0v) is 14.0. The first-order valence-electron chi connectivity index (χ1n) is 6.11. The minimum absolute atomic E-state index is 0.0125. The van der Waals surface area contributed by atoms with Gasteiger partial charge in [0, 0.05) is 0 Å². The standard InChI is InChI=1S/C14H15BrO7/c1-14(2,3)22-13(19)21-9-6-7(12(18)20-4)5-8(10(9)15)11(16)17/h5-6H,1-4H3,(H,16,17). The van der Waals surface area contributed by atoms with Crippen LogP contribution in [0.25, 0.3) is 0 Å². The van der Waals surface area contributed by atoms with Gasteiger partial charge >= 0.3 is 18.1 Å². The monoisotopic (exact) mass is 374 g/mol. The van der Waals surface area contributed by atoms with E-state index in [2.05, 4.69) is 20.7 Å². The number of methoxy groups -OCH3 is 1. The van der Waals surface area contributed by atoms with Crippen LogP contribution in [0.2, 0.25) is 0 Å². The zero-order valence-electron chi connectivity index (χ0n) is 12.4. The van der Waals surface area contributed by atoms with Gasteiger partial charge in [0.2, 0.25) is 0 Å².